The third-order valence-electron chi connectivity index (χ3n) is 3.30. The first-order valence-corrected chi connectivity index (χ1v) is 8.29. The molecule has 0 aliphatic rings. The Morgan fingerprint density at radius 3 is 2.88 bits per heavy atom. The van der Waals surface area contributed by atoms with Crippen LogP contribution in [0.2, 0.25) is 5.02 Å². The van der Waals surface area contributed by atoms with E-state index >= 15 is 0 Å². The number of aryl methyl sites for hydroxylation is 1. The lowest BCUT2D eigenvalue weighted by Crippen LogP contribution is -2.20. The van der Waals surface area contributed by atoms with Crippen molar-refractivity contribution in [3.8, 4) is 5.88 Å². The molecule has 0 aliphatic carbocycles. The molecule has 0 unspecified atom stereocenters. The molecule has 5 nitrogen and oxygen atoms in total. The second-order valence-corrected chi connectivity index (χ2v) is 6.48. The molecule has 24 heavy (non-hydrogen) atoms. The number of benzene rings is 2. The Labute approximate surface area is 152 Å². The van der Waals surface area contributed by atoms with Crippen LogP contribution in [0.1, 0.15) is 5.56 Å². The van der Waals surface area contributed by atoms with Gasteiger partial charge in [0.15, 0.2) is 6.61 Å². The molecule has 2 aromatic carbocycles. The van der Waals surface area contributed by atoms with Crippen molar-refractivity contribution in [2.24, 2.45) is 0 Å². The van der Waals surface area contributed by atoms with Crippen LogP contribution in [0, 0.1) is 6.92 Å². The maximum atomic E-state index is 12.1. The van der Waals surface area contributed by atoms with E-state index in [1.165, 1.54) is 6.33 Å². The number of ether oxygens (including phenoxy) is 1. The molecule has 0 radical (unpaired) electrons. The van der Waals surface area contributed by atoms with Crippen LogP contribution < -0.4 is 10.1 Å². The van der Waals surface area contributed by atoms with Crippen LogP contribution in [0.25, 0.3) is 10.9 Å². The van der Waals surface area contributed by atoms with Gasteiger partial charge >= 0.3 is 0 Å². The van der Waals surface area contributed by atoms with Crippen molar-refractivity contribution in [3.05, 3.63) is 57.8 Å². The normalized spacial score (nSPS) is 10.6. The van der Waals surface area contributed by atoms with E-state index in [1.54, 1.807) is 12.1 Å². The summed E-state index contributed by atoms with van der Waals surface area (Å²) in [5, 5.41) is 3.93. The fourth-order valence-corrected chi connectivity index (χ4v) is 2.81. The average Bonchev–Trinajstić information content (AvgIpc) is 2.55. The number of hydrogen-bond acceptors (Lipinski definition) is 4. The van der Waals surface area contributed by atoms with Crippen molar-refractivity contribution in [1.29, 1.82) is 0 Å². The van der Waals surface area contributed by atoms with E-state index in [1.807, 2.05) is 31.2 Å². The number of aromatic nitrogens is 2. The first-order chi connectivity index (χ1) is 11.5. The van der Waals surface area contributed by atoms with Crippen LogP contribution in [0.5, 0.6) is 5.88 Å². The van der Waals surface area contributed by atoms with Gasteiger partial charge in [0.2, 0.25) is 5.88 Å². The van der Waals surface area contributed by atoms with E-state index in [4.69, 9.17) is 16.3 Å². The zero-order chi connectivity index (χ0) is 17.1. The number of amides is 1. The topological polar surface area (TPSA) is 64.1 Å². The Balaban J connectivity index is 1.71. The highest BCUT2D eigenvalue weighted by Gasteiger charge is 2.10. The Kier molecular flexibility index (Phi) is 4.97. The van der Waals surface area contributed by atoms with Crippen molar-refractivity contribution in [3.63, 3.8) is 0 Å². The quantitative estimate of drug-likeness (QED) is 0.699. The minimum absolute atomic E-state index is 0.178. The number of rotatable bonds is 4. The Morgan fingerprint density at radius 1 is 1.25 bits per heavy atom. The minimum atomic E-state index is -0.317. The van der Waals surface area contributed by atoms with E-state index in [2.05, 4.69) is 31.2 Å². The van der Waals surface area contributed by atoms with E-state index in [-0.39, 0.29) is 12.5 Å². The van der Waals surface area contributed by atoms with Crippen LogP contribution in [0.4, 0.5) is 5.69 Å². The van der Waals surface area contributed by atoms with Gasteiger partial charge in [0.05, 0.1) is 21.6 Å². The van der Waals surface area contributed by atoms with E-state index < -0.39 is 0 Å². The summed E-state index contributed by atoms with van der Waals surface area (Å²) in [7, 11) is 0. The summed E-state index contributed by atoms with van der Waals surface area (Å²) in [6, 6.07) is 11.0. The maximum Gasteiger partial charge on any atom is 0.262 e. The van der Waals surface area contributed by atoms with Gasteiger partial charge < -0.3 is 10.1 Å². The van der Waals surface area contributed by atoms with Crippen LogP contribution >= 0.6 is 27.5 Å². The number of nitrogens with one attached hydrogen (secondary N) is 1. The van der Waals surface area contributed by atoms with Crippen LogP contribution in [0.3, 0.4) is 0 Å². The summed E-state index contributed by atoms with van der Waals surface area (Å²) in [6.45, 7) is 1.75. The SMILES string of the molecule is Cc1ccc(NC(=O)COc2ncnc3ccc(Br)cc23)c(Cl)c1. The maximum absolute atomic E-state index is 12.1. The second-order valence-electron chi connectivity index (χ2n) is 5.16. The van der Waals surface area contributed by atoms with Crippen molar-refractivity contribution < 1.29 is 9.53 Å². The molecule has 0 bridgehead atoms. The van der Waals surface area contributed by atoms with E-state index in [9.17, 15) is 4.79 Å². The van der Waals surface area contributed by atoms with Crippen molar-refractivity contribution in [1.82, 2.24) is 9.97 Å². The summed E-state index contributed by atoms with van der Waals surface area (Å²) in [5.74, 6) is 0.0361. The van der Waals surface area contributed by atoms with Gasteiger partial charge in [0.25, 0.3) is 5.91 Å². The lowest BCUT2D eigenvalue weighted by molar-refractivity contribution is -0.118. The molecule has 0 spiro atoms. The van der Waals surface area contributed by atoms with Crippen molar-refractivity contribution in [2.45, 2.75) is 6.92 Å². The molecular formula is C17H13BrClN3O2. The molecule has 1 amide bonds. The summed E-state index contributed by atoms with van der Waals surface area (Å²) < 4.78 is 6.42. The number of carbonyl (C=O) groups excluding carboxylic acids is 1. The molecule has 122 valence electrons. The van der Waals surface area contributed by atoms with Gasteiger partial charge in [-0.05, 0) is 42.8 Å². The van der Waals surface area contributed by atoms with Gasteiger partial charge in [-0.25, -0.2) is 9.97 Å². The molecule has 1 heterocycles. The van der Waals surface area contributed by atoms with Gasteiger partial charge in [0, 0.05) is 4.47 Å². The third-order valence-corrected chi connectivity index (χ3v) is 4.11. The largest absolute Gasteiger partial charge is 0.467 e. The molecule has 0 saturated heterocycles. The Hall–Kier alpha value is -2.18. The predicted molar refractivity (Wildman–Crippen MR) is 97.6 cm³/mol. The van der Waals surface area contributed by atoms with Gasteiger partial charge in [0.1, 0.15) is 6.33 Å². The average molecular weight is 407 g/mol. The molecule has 0 atom stereocenters. The van der Waals surface area contributed by atoms with Crippen molar-refractivity contribution >= 4 is 50.0 Å². The summed E-state index contributed by atoms with van der Waals surface area (Å²) in [6.07, 6.45) is 1.40. The predicted octanol–water partition coefficient (Wildman–Crippen LogP) is 4.37. The molecule has 3 rings (SSSR count). The Bertz CT molecular complexity index is 917. The van der Waals surface area contributed by atoms with Gasteiger partial charge in [-0.1, -0.05) is 33.6 Å². The van der Waals surface area contributed by atoms with Gasteiger partial charge in [-0.2, -0.15) is 0 Å². The van der Waals surface area contributed by atoms with Gasteiger partial charge in [-0.15, -0.1) is 0 Å². The number of halogens is 2. The molecule has 0 fully saturated rings. The third kappa shape index (κ3) is 3.83. The number of fused-ring (bicyclic) bond motifs is 1. The molecule has 7 heteroatoms. The summed E-state index contributed by atoms with van der Waals surface area (Å²) >= 11 is 9.50. The molecule has 0 aliphatic heterocycles. The summed E-state index contributed by atoms with van der Waals surface area (Å²) in [5.41, 5.74) is 2.31. The highest BCUT2D eigenvalue weighted by atomic mass is 79.9. The second kappa shape index (κ2) is 7.15. The fraction of sp³-hybridized carbons (Fsp3) is 0.118. The Morgan fingerprint density at radius 2 is 2.08 bits per heavy atom. The van der Waals surface area contributed by atoms with Crippen LogP contribution in [-0.4, -0.2) is 22.5 Å². The first-order valence-electron chi connectivity index (χ1n) is 7.12. The fourth-order valence-electron chi connectivity index (χ4n) is 2.16. The monoisotopic (exact) mass is 405 g/mol. The summed E-state index contributed by atoms with van der Waals surface area (Å²) in [4.78, 5) is 20.3. The molecule has 1 aromatic heterocycles. The van der Waals surface area contributed by atoms with Crippen LogP contribution in [0.15, 0.2) is 47.2 Å². The smallest absolute Gasteiger partial charge is 0.262 e. The number of anilines is 1. The van der Waals surface area contributed by atoms with E-state index in [0.29, 0.717) is 16.6 Å². The van der Waals surface area contributed by atoms with Crippen molar-refractivity contribution in [2.75, 3.05) is 11.9 Å². The van der Waals surface area contributed by atoms with Gasteiger partial charge in [-0.3, -0.25) is 4.79 Å². The number of nitrogens with zero attached hydrogens (tertiary/aromatic N) is 2. The lowest BCUT2D eigenvalue weighted by Gasteiger charge is -2.10. The highest BCUT2D eigenvalue weighted by Crippen LogP contribution is 2.25. The standard InChI is InChI=1S/C17H13BrClN3O2/c1-10-2-4-15(13(19)6-10)22-16(23)8-24-17-12-7-11(18)3-5-14(12)20-9-21-17/h2-7,9H,8H2,1H3,(H,22,23). The molecular weight excluding hydrogens is 394 g/mol. The molecule has 3 aromatic rings. The first kappa shape index (κ1) is 16.7. The minimum Gasteiger partial charge on any atom is -0.467 e. The number of hydrogen-bond donors (Lipinski definition) is 1. The number of carbonyl (C=O) groups is 1. The highest BCUT2D eigenvalue weighted by molar-refractivity contribution is 9.10. The zero-order valence-electron chi connectivity index (χ0n) is 12.7. The molecule has 0 saturated carbocycles. The van der Waals surface area contributed by atoms with Crippen LogP contribution in [-0.2, 0) is 4.79 Å². The molecule has 1 N–H and O–H groups in total. The lowest BCUT2D eigenvalue weighted by atomic mass is 10.2. The van der Waals surface area contributed by atoms with E-state index in [0.717, 1.165) is 20.9 Å². The zero-order valence-corrected chi connectivity index (χ0v) is 15.1.